The third-order valence-corrected chi connectivity index (χ3v) is 3.94. The molecule has 0 aliphatic carbocycles. The molecule has 0 saturated carbocycles. The number of aryl methyl sites for hydroxylation is 1. The van der Waals surface area contributed by atoms with Gasteiger partial charge in [0.25, 0.3) is 5.91 Å². The maximum atomic E-state index is 12.4. The Morgan fingerprint density at radius 3 is 2.71 bits per heavy atom. The van der Waals surface area contributed by atoms with Crippen molar-refractivity contribution in [2.75, 3.05) is 5.32 Å². The Morgan fingerprint density at radius 2 is 2.04 bits per heavy atom. The van der Waals surface area contributed by atoms with Crippen LogP contribution in [0.25, 0.3) is 0 Å². The van der Waals surface area contributed by atoms with E-state index in [-0.39, 0.29) is 16.6 Å². The van der Waals surface area contributed by atoms with Crippen molar-refractivity contribution in [1.29, 1.82) is 0 Å². The molecule has 0 radical (unpaired) electrons. The van der Waals surface area contributed by atoms with Gasteiger partial charge in [0, 0.05) is 11.9 Å². The summed E-state index contributed by atoms with van der Waals surface area (Å²) in [4.78, 5) is 28.4. The number of ether oxygens (including phenoxy) is 1. The number of carbonyl (C=O) groups is 2. The number of amides is 1. The lowest BCUT2D eigenvalue weighted by Crippen LogP contribution is -2.32. The van der Waals surface area contributed by atoms with Crippen molar-refractivity contribution in [3.63, 3.8) is 0 Å². The molecule has 0 aliphatic rings. The van der Waals surface area contributed by atoms with Gasteiger partial charge in [-0.1, -0.05) is 30.7 Å². The summed E-state index contributed by atoms with van der Waals surface area (Å²) in [5.74, 6) is -0.970. The van der Waals surface area contributed by atoms with Gasteiger partial charge in [-0.15, -0.1) is 0 Å². The number of halogens is 1. The quantitative estimate of drug-likeness (QED) is 0.658. The summed E-state index contributed by atoms with van der Waals surface area (Å²) in [6.07, 6.45) is 0.890. The molecule has 1 heterocycles. The zero-order valence-electron chi connectivity index (χ0n) is 13.8. The summed E-state index contributed by atoms with van der Waals surface area (Å²) in [5.41, 5.74) is 3.02. The fourth-order valence-electron chi connectivity index (χ4n) is 2.15. The average Bonchev–Trinajstić information content (AvgIpc) is 2.56. The minimum absolute atomic E-state index is 0.192. The van der Waals surface area contributed by atoms with Crippen LogP contribution in [-0.4, -0.2) is 23.0 Å². The van der Waals surface area contributed by atoms with Crippen LogP contribution in [0.3, 0.4) is 0 Å². The predicted molar refractivity (Wildman–Crippen MR) is 93.3 cm³/mol. The third-order valence-electron chi connectivity index (χ3n) is 3.74. The van der Waals surface area contributed by atoms with E-state index in [2.05, 4.69) is 10.3 Å². The second-order valence-electron chi connectivity index (χ2n) is 5.41. The number of hydrogen-bond acceptors (Lipinski definition) is 4. The van der Waals surface area contributed by atoms with Crippen molar-refractivity contribution in [3.05, 3.63) is 58.4 Å². The molecule has 0 spiro atoms. The van der Waals surface area contributed by atoms with Gasteiger partial charge in [-0.25, -0.2) is 9.78 Å². The van der Waals surface area contributed by atoms with Gasteiger partial charge in [0.2, 0.25) is 0 Å². The summed E-state index contributed by atoms with van der Waals surface area (Å²) in [6, 6.07) is 8.54. The first-order chi connectivity index (χ1) is 11.4. The Hall–Kier alpha value is -2.40. The van der Waals surface area contributed by atoms with E-state index in [1.54, 1.807) is 6.92 Å². The smallest absolute Gasteiger partial charge is 0.339 e. The number of hydrogen-bond donors (Lipinski definition) is 1. The minimum Gasteiger partial charge on any atom is -0.449 e. The van der Waals surface area contributed by atoms with E-state index in [0.717, 1.165) is 11.1 Å². The van der Waals surface area contributed by atoms with E-state index in [1.165, 1.54) is 18.3 Å². The second-order valence-corrected chi connectivity index (χ2v) is 5.79. The van der Waals surface area contributed by atoms with Crippen molar-refractivity contribution in [3.8, 4) is 0 Å². The molecule has 1 atom stereocenters. The Labute approximate surface area is 146 Å². The highest BCUT2D eigenvalue weighted by Gasteiger charge is 2.22. The molecule has 0 saturated heterocycles. The number of rotatable bonds is 5. The largest absolute Gasteiger partial charge is 0.449 e. The molecule has 24 heavy (non-hydrogen) atoms. The number of aromatic nitrogens is 1. The molecular formula is C18H19ClN2O3. The van der Waals surface area contributed by atoms with E-state index >= 15 is 0 Å². The van der Waals surface area contributed by atoms with Crippen LogP contribution in [0, 0.1) is 13.8 Å². The SMILES string of the molecule is CCC(OC(=O)c1ccnc(Cl)c1)C(=O)Nc1cccc(C)c1C. The second kappa shape index (κ2) is 7.93. The van der Waals surface area contributed by atoms with Crippen molar-refractivity contribution < 1.29 is 14.3 Å². The van der Waals surface area contributed by atoms with Crippen molar-refractivity contribution in [1.82, 2.24) is 4.98 Å². The fourth-order valence-corrected chi connectivity index (χ4v) is 2.32. The molecule has 6 heteroatoms. The van der Waals surface area contributed by atoms with Crippen LogP contribution in [0.1, 0.15) is 34.8 Å². The summed E-state index contributed by atoms with van der Waals surface area (Å²) < 4.78 is 5.31. The first-order valence-corrected chi connectivity index (χ1v) is 7.99. The van der Waals surface area contributed by atoms with E-state index in [9.17, 15) is 9.59 Å². The molecule has 1 amide bonds. The van der Waals surface area contributed by atoms with Gasteiger partial charge in [-0.3, -0.25) is 4.79 Å². The molecular weight excluding hydrogens is 328 g/mol. The molecule has 1 aromatic carbocycles. The highest BCUT2D eigenvalue weighted by atomic mass is 35.5. The number of pyridine rings is 1. The van der Waals surface area contributed by atoms with Gasteiger partial charge in [-0.05, 0) is 49.6 Å². The van der Waals surface area contributed by atoms with Gasteiger partial charge < -0.3 is 10.1 Å². The van der Waals surface area contributed by atoms with Gasteiger partial charge in [-0.2, -0.15) is 0 Å². The van der Waals surface area contributed by atoms with E-state index in [1.807, 2.05) is 32.0 Å². The van der Waals surface area contributed by atoms with Gasteiger partial charge in [0.1, 0.15) is 5.15 Å². The van der Waals surface area contributed by atoms with Gasteiger partial charge in [0.05, 0.1) is 5.56 Å². The number of nitrogens with zero attached hydrogens (tertiary/aromatic N) is 1. The molecule has 126 valence electrons. The maximum absolute atomic E-state index is 12.4. The molecule has 2 aromatic rings. The van der Waals surface area contributed by atoms with E-state index in [4.69, 9.17) is 16.3 Å². The number of carbonyl (C=O) groups excluding carboxylic acids is 2. The van der Waals surface area contributed by atoms with Crippen LogP contribution in [-0.2, 0) is 9.53 Å². The zero-order chi connectivity index (χ0) is 17.7. The molecule has 0 bridgehead atoms. The highest BCUT2D eigenvalue weighted by molar-refractivity contribution is 6.29. The third kappa shape index (κ3) is 4.32. The summed E-state index contributed by atoms with van der Waals surface area (Å²) >= 11 is 5.76. The molecule has 1 unspecified atom stereocenters. The van der Waals surface area contributed by atoms with Crippen LogP contribution in [0.2, 0.25) is 5.15 Å². The van der Waals surface area contributed by atoms with E-state index in [0.29, 0.717) is 12.1 Å². The Bertz CT molecular complexity index is 762. The molecule has 5 nitrogen and oxygen atoms in total. The molecule has 2 rings (SSSR count). The Morgan fingerprint density at radius 1 is 1.29 bits per heavy atom. The van der Waals surface area contributed by atoms with Crippen LogP contribution >= 0.6 is 11.6 Å². The molecule has 1 N–H and O–H groups in total. The number of benzene rings is 1. The minimum atomic E-state index is -0.885. The first-order valence-electron chi connectivity index (χ1n) is 7.62. The lowest BCUT2D eigenvalue weighted by Gasteiger charge is -2.17. The first kappa shape index (κ1) is 17.9. The Kier molecular flexibility index (Phi) is 5.93. The molecule has 1 aromatic heterocycles. The Balaban J connectivity index is 2.09. The molecule has 0 aliphatic heterocycles. The standard InChI is InChI=1S/C18H19ClN2O3/c1-4-15(24-18(23)13-8-9-20-16(19)10-13)17(22)21-14-7-5-6-11(2)12(14)3/h5-10,15H,4H2,1-3H3,(H,21,22). The van der Waals surface area contributed by atoms with Crippen molar-refractivity contribution >= 4 is 29.2 Å². The predicted octanol–water partition coefficient (Wildman–Crippen LogP) is 3.93. The fraction of sp³-hybridized carbons (Fsp3) is 0.278. The van der Waals surface area contributed by atoms with Crippen LogP contribution in [0.4, 0.5) is 5.69 Å². The van der Waals surface area contributed by atoms with Gasteiger partial charge >= 0.3 is 5.97 Å². The van der Waals surface area contributed by atoms with E-state index < -0.39 is 12.1 Å². The lowest BCUT2D eigenvalue weighted by atomic mass is 10.1. The highest BCUT2D eigenvalue weighted by Crippen LogP contribution is 2.19. The summed E-state index contributed by atoms with van der Waals surface area (Å²) in [5, 5.41) is 3.01. The number of anilines is 1. The zero-order valence-corrected chi connectivity index (χ0v) is 14.6. The van der Waals surface area contributed by atoms with Crippen molar-refractivity contribution in [2.45, 2.75) is 33.3 Å². The average molecular weight is 347 g/mol. The topological polar surface area (TPSA) is 68.3 Å². The van der Waals surface area contributed by atoms with Crippen LogP contribution in [0.15, 0.2) is 36.5 Å². The number of nitrogens with one attached hydrogen (secondary N) is 1. The summed E-state index contributed by atoms with van der Waals surface area (Å²) in [7, 11) is 0. The van der Waals surface area contributed by atoms with Crippen LogP contribution < -0.4 is 5.32 Å². The maximum Gasteiger partial charge on any atom is 0.339 e. The lowest BCUT2D eigenvalue weighted by molar-refractivity contribution is -0.124. The van der Waals surface area contributed by atoms with Crippen LogP contribution in [0.5, 0.6) is 0 Å². The summed E-state index contributed by atoms with van der Waals surface area (Å²) in [6.45, 7) is 5.67. The normalized spacial score (nSPS) is 11.7. The monoisotopic (exact) mass is 346 g/mol. The van der Waals surface area contributed by atoms with Crippen molar-refractivity contribution in [2.24, 2.45) is 0 Å². The number of esters is 1. The molecule has 0 fully saturated rings. The van der Waals surface area contributed by atoms with Gasteiger partial charge in [0.15, 0.2) is 6.10 Å².